The van der Waals surface area contributed by atoms with Gasteiger partial charge in [0.2, 0.25) is 0 Å². The van der Waals surface area contributed by atoms with Crippen LogP contribution < -0.4 is 0 Å². The third-order valence-electron chi connectivity index (χ3n) is 3.54. The molecule has 0 spiro atoms. The molecule has 0 amide bonds. The van der Waals surface area contributed by atoms with Gasteiger partial charge in [-0.05, 0) is 31.6 Å². The summed E-state index contributed by atoms with van der Waals surface area (Å²) in [5, 5.41) is 13.3. The van der Waals surface area contributed by atoms with Crippen molar-refractivity contribution in [3.05, 3.63) is 17.0 Å². The van der Waals surface area contributed by atoms with Crippen molar-refractivity contribution in [3.63, 3.8) is 0 Å². The largest absolute Gasteiger partial charge is 0.465 e. The predicted molar refractivity (Wildman–Crippen MR) is 58.1 cm³/mol. The highest BCUT2D eigenvalue weighted by molar-refractivity contribution is 5.69. The molecule has 2 aliphatic carbocycles. The van der Waals surface area contributed by atoms with Crippen LogP contribution in [0.1, 0.15) is 36.2 Å². The second-order valence-corrected chi connectivity index (χ2v) is 4.59. The molecule has 1 heterocycles. The maximum absolute atomic E-state index is 11.4. The first-order chi connectivity index (χ1) is 8.24. The molecular weight excluding hydrogens is 218 g/mol. The molecule has 1 aromatic rings. The lowest BCUT2D eigenvalue weighted by molar-refractivity contribution is -0.144. The minimum atomic E-state index is -0.289. The molecule has 0 N–H and O–H groups in total. The van der Waals surface area contributed by atoms with E-state index in [2.05, 4.69) is 11.2 Å². The Balaban J connectivity index is 1.89. The molecule has 1 saturated carbocycles. The second-order valence-electron chi connectivity index (χ2n) is 4.59. The zero-order chi connectivity index (χ0) is 12.0. The summed E-state index contributed by atoms with van der Waals surface area (Å²) >= 11 is 0. The Morgan fingerprint density at radius 3 is 3.24 bits per heavy atom. The molecule has 2 aliphatic rings. The Hall–Kier alpha value is -1.83. The van der Waals surface area contributed by atoms with Gasteiger partial charge >= 0.3 is 5.97 Å². The van der Waals surface area contributed by atoms with E-state index in [0.29, 0.717) is 24.1 Å². The molecule has 0 aromatic carbocycles. The first kappa shape index (κ1) is 10.3. The van der Waals surface area contributed by atoms with E-state index in [9.17, 15) is 4.79 Å². The number of carbonyl (C=O) groups excluding carboxylic acids is 1. The van der Waals surface area contributed by atoms with Crippen molar-refractivity contribution in [2.45, 2.75) is 32.2 Å². The number of hydrogen-bond acceptors (Lipinski definition) is 4. The van der Waals surface area contributed by atoms with E-state index in [1.54, 1.807) is 11.6 Å². The number of aromatic nitrogens is 2. The standard InChI is InChI=1S/C12H13N3O2/c1-2-17-11(16)6-15-10-4-7-3-8(7)12(10)9(5-13)14-15/h7-8H,2-4,6H2,1H3/t7-,8+/m1/s1. The molecule has 0 radical (unpaired) electrons. The topological polar surface area (TPSA) is 67.9 Å². The highest BCUT2D eigenvalue weighted by Crippen LogP contribution is 2.57. The average Bonchev–Trinajstić information content (AvgIpc) is 2.83. The van der Waals surface area contributed by atoms with Crippen LogP contribution in [0.4, 0.5) is 0 Å². The van der Waals surface area contributed by atoms with Gasteiger partial charge in [-0.15, -0.1) is 0 Å². The summed E-state index contributed by atoms with van der Waals surface area (Å²) in [6.07, 6.45) is 2.13. The molecule has 0 aliphatic heterocycles. The molecule has 17 heavy (non-hydrogen) atoms. The number of nitrogens with zero attached hydrogens (tertiary/aromatic N) is 3. The van der Waals surface area contributed by atoms with Crippen molar-refractivity contribution in [1.29, 1.82) is 5.26 Å². The quantitative estimate of drug-likeness (QED) is 0.727. The van der Waals surface area contributed by atoms with Gasteiger partial charge in [-0.2, -0.15) is 10.4 Å². The van der Waals surface area contributed by atoms with Crippen molar-refractivity contribution in [2.24, 2.45) is 5.92 Å². The molecule has 1 aromatic heterocycles. The van der Waals surface area contributed by atoms with Crippen LogP contribution in [-0.4, -0.2) is 22.4 Å². The van der Waals surface area contributed by atoms with Gasteiger partial charge in [-0.25, -0.2) is 0 Å². The van der Waals surface area contributed by atoms with E-state index in [0.717, 1.165) is 17.7 Å². The summed E-state index contributed by atoms with van der Waals surface area (Å²) in [5.74, 6) is 0.919. The van der Waals surface area contributed by atoms with Crippen LogP contribution in [0.15, 0.2) is 0 Å². The van der Waals surface area contributed by atoms with Gasteiger partial charge in [0.15, 0.2) is 5.69 Å². The van der Waals surface area contributed by atoms with Crippen molar-refractivity contribution >= 4 is 5.97 Å². The number of hydrogen-bond donors (Lipinski definition) is 0. The molecule has 0 saturated heterocycles. The van der Waals surface area contributed by atoms with Crippen molar-refractivity contribution in [1.82, 2.24) is 9.78 Å². The van der Waals surface area contributed by atoms with Crippen LogP contribution in [0.25, 0.3) is 0 Å². The minimum Gasteiger partial charge on any atom is -0.465 e. The van der Waals surface area contributed by atoms with E-state index in [1.807, 2.05) is 0 Å². The van der Waals surface area contributed by atoms with Gasteiger partial charge in [0.1, 0.15) is 12.6 Å². The van der Waals surface area contributed by atoms with Gasteiger partial charge in [0.05, 0.1) is 6.61 Å². The molecule has 5 nitrogen and oxygen atoms in total. The van der Waals surface area contributed by atoms with Crippen LogP contribution >= 0.6 is 0 Å². The SMILES string of the molecule is CCOC(=O)Cn1nc(C#N)c2c1C[C@H]1C[C@H]21. The van der Waals surface area contributed by atoms with Crippen molar-refractivity contribution < 1.29 is 9.53 Å². The summed E-state index contributed by atoms with van der Waals surface area (Å²) in [7, 11) is 0. The zero-order valence-corrected chi connectivity index (χ0v) is 9.64. The summed E-state index contributed by atoms with van der Waals surface area (Å²) in [6.45, 7) is 2.28. The maximum Gasteiger partial charge on any atom is 0.327 e. The third-order valence-corrected chi connectivity index (χ3v) is 3.54. The lowest BCUT2D eigenvalue weighted by atomic mass is 10.1. The predicted octanol–water partition coefficient (Wildman–Crippen LogP) is 0.977. The molecule has 3 rings (SSSR count). The fourth-order valence-corrected chi connectivity index (χ4v) is 2.73. The number of rotatable bonds is 3. The Bertz CT molecular complexity index is 527. The van der Waals surface area contributed by atoms with Crippen molar-refractivity contribution in [2.75, 3.05) is 6.61 Å². The Labute approximate surface area is 99.0 Å². The molecular formula is C12H13N3O2. The third kappa shape index (κ3) is 1.52. The second kappa shape index (κ2) is 3.59. The Kier molecular flexibility index (Phi) is 2.18. The monoisotopic (exact) mass is 231 g/mol. The fraction of sp³-hybridized carbons (Fsp3) is 0.583. The molecule has 1 fully saturated rings. The first-order valence-corrected chi connectivity index (χ1v) is 5.89. The van der Waals surface area contributed by atoms with E-state index < -0.39 is 0 Å². The first-order valence-electron chi connectivity index (χ1n) is 5.89. The molecule has 0 unspecified atom stereocenters. The fourth-order valence-electron chi connectivity index (χ4n) is 2.73. The highest BCUT2D eigenvalue weighted by atomic mass is 16.5. The van der Waals surface area contributed by atoms with E-state index in [1.165, 1.54) is 6.42 Å². The van der Waals surface area contributed by atoms with E-state index in [-0.39, 0.29) is 12.5 Å². The maximum atomic E-state index is 11.4. The van der Waals surface area contributed by atoms with Crippen LogP contribution in [-0.2, 0) is 22.5 Å². The number of fused-ring (bicyclic) bond motifs is 3. The molecule has 2 atom stereocenters. The Morgan fingerprint density at radius 2 is 2.53 bits per heavy atom. The van der Waals surface area contributed by atoms with Crippen LogP contribution in [0.5, 0.6) is 0 Å². The number of carbonyl (C=O) groups is 1. The lowest BCUT2D eigenvalue weighted by Crippen LogP contribution is -2.16. The highest BCUT2D eigenvalue weighted by Gasteiger charge is 2.49. The molecule has 0 bridgehead atoms. The van der Waals surface area contributed by atoms with Crippen LogP contribution in [0.2, 0.25) is 0 Å². The van der Waals surface area contributed by atoms with Gasteiger partial charge in [0.25, 0.3) is 0 Å². The lowest BCUT2D eigenvalue weighted by Gasteiger charge is -2.05. The summed E-state index contributed by atoms with van der Waals surface area (Å²) < 4.78 is 6.55. The van der Waals surface area contributed by atoms with Gasteiger partial charge in [-0.1, -0.05) is 0 Å². The zero-order valence-electron chi connectivity index (χ0n) is 9.64. The number of esters is 1. The number of ether oxygens (including phenoxy) is 1. The van der Waals surface area contributed by atoms with Gasteiger partial charge in [-0.3, -0.25) is 9.48 Å². The Morgan fingerprint density at radius 1 is 1.71 bits per heavy atom. The number of nitriles is 1. The van der Waals surface area contributed by atoms with Gasteiger partial charge < -0.3 is 4.74 Å². The van der Waals surface area contributed by atoms with Crippen molar-refractivity contribution in [3.8, 4) is 6.07 Å². The van der Waals surface area contributed by atoms with Crippen LogP contribution in [0.3, 0.4) is 0 Å². The van der Waals surface area contributed by atoms with Crippen LogP contribution in [0, 0.1) is 17.2 Å². The summed E-state index contributed by atoms with van der Waals surface area (Å²) in [5.41, 5.74) is 2.65. The smallest absolute Gasteiger partial charge is 0.327 e. The summed E-state index contributed by atoms with van der Waals surface area (Å²) in [4.78, 5) is 11.4. The van der Waals surface area contributed by atoms with E-state index in [4.69, 9.17) is 10.00 Å². The molecule has 88 valence electrons. The molecule has 5 heteroatoms. The minimum absolute atomic E-state index is 0.122. The average molecular weight is 231 g/mol. The summed E-state index contributed by atoms with van der Waals surface area (Å²) in [6, 6.07) is 2.13. The normalized spacial score (nSPS) is 23.8. The van der Waals surface area contributed by atoms with Gasteiger partial charge in [0, 0.05) is 11.3 Å². The van der Waals surface area contributed by atoms with E-state index >= 15 is 0 Å².